The van der Waals surface area contributed by atoms with E-state index >= 15 is 0 Å². The van der Waals surface area contributed by atoms with Gasteiger partial charge in [0.2, 0.25) is 0 Å². The molecule has 2 aromatic carbocycles. The van der Waals surface area contributed by atoms with Crippen molar-refractivity contribution in [2.24, 2.45) is 0 Å². The summed E-state index contributed by atoms with van der Waals surface area (Å²) >= 11 is 0. The molecule has 21 heavy (non-hydrogen) atoms. The maximum absolute atomic E-state index is 12.1. The summed E-state index contributed by atoms with van der Waals surface area (Å²) in [5, 5.41) is 0. The molecule has 0 bridgehead atoms. The molecule has 0 heterocycles. The van der Waals surface area contributed by atoms with Crippen LogP contribution < -0.4 is 8.92 Å². The fourth-order valence-corrected chi connectivity index (χ4v) is 3.02. The first kappa shape index (κ1) is 15.4. The summed E-state index contributed by atoms with van der Waals surface area (Å²) in [5.74, 6) is 0.711. The average molecular weight is 306 g/mol. The van der Waals surface area contributed by atoms with Crippen LogP contribution in [-0.4, -0.2) is 15.0 Å². The quantitative estimate of drug-likeness (QED) is 0.768. The Kier molecular flexibility index (Phi) is 4.85. The molecular weight excluding hydrogens is 288 g/mol. The molecule has 0 spiro atoms. The van der Waals surface area contributed by atoms with Gasteiger partial charge in [-0.2, -0.15) is 8.42 Å². The van der Waals surface area contributed by atoms with E-state index in [4.69, 9.17) is 8.92 Å². The van der Waals surface area contributed by atoms with E-state index < -0.39 is 10.1 Å². The Balaban J connectivity index is 2.16. The number of hydrogen-bond donors (Lipinski definition) is 0. The summed E-state index contributed by atoms with van der Waals surface area (Å²) in [7, 11) is -3.69. The van der Waals surface area contributed by atoms with Gasteiger partial charge in [-0.25, -0.2) is 0 Å². The van der Waals surface area contributed by atoms with Crippen molar-refractivity contribution in [1.29, 1.82) is 0 Å². The zero-order valence-corrected chi connectivity index (χ0v) is 12.9. The van der Waals surface area contributed by atoms with Gasteiger partial charge in [0.25, 0.3) is 0 Å². The van der Waals surface area contributed by atoms with E-state index in [1.54, 1.807) is 36.4 Å². The van der Waals surface area contributed by atoms with E-state index in [1.807, 2.05) is 26.0 Å². The predicted molar refractivity (Wildman–Crippen MR) is 82.0 cm³/mol. The third kappa shape index (κ3) is 4.79. The standard InChI is InChI=1S/C16H18O4S/c1-3-19-15-9-13(2)10-16(11-15)20-21(17,18)12-14-7-5-4-6-8-14/h4-11H,3,12H2,1-2H3. The smallest absolute Gasteiger partial charge is 0.313 e. The zero-order chi connectivity index (χ0) is 15.3. The Hall–Kier alpha value is -2.01. The molecule has 0 saturated heterocycles. The molecule has 0 amide bonds. The van der Waals surface area contributed by atoms with Crippen molar-refractivity contribution >= 4 is 10.1 Å². The van der Waals surface area contributed by atoms with Gasteiger partial charge in [-0.15, -0.1) is 0 Å². The van der Waals surface area contributed by atoms with Crippen molar-refractivity contribution < 1.29 is 17.3 Å². The second kappa shape index (κ2) is 6.63. The topological polar surface area (TPSA) is 52.6 Å². The fraction of sp³-hybridized carbons (Fsp3) is 0.250. The van der Waals surface area contributed by atoms with Crippen molar-refractivity contribution in [3.05, 3.63) is 59.7 Å². The van der Waals surface area contributed by atoms with Crippen LogP contribution >= 0.6 is 0 Å². The van der Waals surface area contributed by atoms with Crippen LogP contribution in [0.25, 0.3) is 0 Å². The summed E-state index contributed by atoms with van der Waals surface area (Å²) in [6.07, 6.45) is 0. The highest BCUT2D eigenvalue weighted by molar-refractivity contribution is 7.86. The molecule has 4 nitrogen and oxygen atoms in total. The molecule has 2 rings (SSSR count). The molecule has 0 aliphatic carbocycles. The van der Waals surface area contributed by atoms with Gasteiger partial charge in [0.05, 0.1) is 6.61 Å². The molecule has 0 radical (unpaired) electrons. The Labute approximate surface area is 125 Å². The molecule has 2 aromatic rings. The van der Waals surface area contributed by atoms with Gasteiger partial charge in [0.1, 0.15) is 17.3 Å². The highest BCUT2D eigenvalue weighted by Crippen LogP contribution is 2.24. The molecule has 0 atom stereocenters. The third-order valence-corrected chi connectivity index (χ3v) is 3.88. The summed E-state index contributed by atoms with van der Waals surface area (Å²) < 4.78 is 34.7. The van der Waals surface area contributed by atoms with Crippen LogP contribution in [0.3, 0.4) is 0 Å². The maximum Gasteiger partial charge on any atom is 0.313 e. The highest BCUT2D eigenvalue weighted by Gasteiger charge is 2.15. The molecule has 0 aliphatic heterocycles. The largest absolute Gasteiger partial charge is 0.494 e. The highest BCUT2D eigenvalue weighted by atomic mass is 32.2. The summed E-state index contributed by atoms with van der Waals surface area (Å²) in [6.45, 7) is 4.24. The van der Waals surface area contributed by atoms with Crippen LogP contribution in [0.1, 0.15) is 18.1 Å². The minimum atomic E-state index is -3.69. The van der Waals surface area contributed by atoms with Crippen molar-refractivity contribution in [1.82, 2.24) is 0 Å². The lowest BCUT2D eigenvalue weighted by atomic mass is 10.2. The van der Waals surface area contributed by atoms with Crippen LogP contribution in [0.5, 0.6) is 11.5 Å². The van der Waals surface area contributed by atoms with E-state index in [2.05, 4.69) is 0 Å². The second-order valence-electron chi connectivity index (χ2n) is 4.69. The summed E-state index contributed by atoms with van der Waals surface area (Å²) in [4.78, 5) is 0. The molecule has 0 aromatic heterocycles. The van der Waals surface area contributed by atoms with Gasteiger partial charge in [-0.1, -0.05) is 30.3 Å². The van der Waals surface area contributed by atoms with E-state index in [9.17, 15) is 8.42 Å². The number of benzene rings is 2. The Morgan fingerprint density at radius 1 is 1.00 bits per heavy atom. The average Bonchev–Trinajstić information content (AvgIpc) is 2.38. The number of aryl methyl sites for hydroxylation is 1. The Morgan fingerprint density at radius 2 is 1.67 bits per heavy atom. The zero-order valence-electron chi connectivity index (χ0n) is 12.1. The van der Waals surface area contributed by atoms with Gasteiger partial charge >= 0.3 is 10.1 Å². The molecule has 0 saturated carbocycles. The van der Waals surface area contributed by atoms with Crippen molar-refractivity contribution in [2.45, 2.75) is 19.6 Å². The number of rotatable bonds is 6. The number of hydrogen-bond acceptors (Lipinski definition) is 4. The van der Waals surface area contributed by atoms with Crippen LogP contribution in [0.15, 0.2) is 48.5 Å². The Bertz CT molecular complexity index is 693. The minimum absolute atomic E-state index is 0.161. The predicted octanol–water partition coefficient (Wildman–Crippen LogP) is 3.30. The molecule has 5 heteroatoms. The van der Waals surface area contributed by atoms with E-state index in [0.29, 0.717) is 17.9 Å². The van der Waals surface area contributed by atoms with Gasteiger partial charge in [-0.05, 0) is 37.1 Å². The summed E-state index contributed by atoms with van der Waals surface area (Å²) in [6, 6.07) is 14.0. The lowest BCUT2D eigenvalue weighted by Gasteiger charge is -2.10. The van der Waals surface area contributed by atoms with E-state index in [-0.39, 0.29) is 11.5 Å². The third-order valence-electron chi connectivity index (χ3n) is 2.74. The van der Waals surface area contributed by atoms with Crippen LogP contribution in [0, 0.1) is 6.92 Å². The van der Waals surface area contributed by atoms with Crippen molar-refractivity contribution in [3.63, 3.8) is 0 Å². The first-order valence-electron chi connectivity index (χ1n) is 6.69. The van der Waals surface area contributed by atoms with Crippen LogP contribution in [0.2, 0.25) is 0 Å². The molecule has 0 aliphatic rings. The first-order valence-corrected chi connectivity index (χ1v) is 8.27. The van der Waals surface area contributed by atoms with Gasteiger partial charge in [0, 0.05) is 6.07 Å². The van der Waals surface area contributed by atoms with E-state index in [0.717, 1.165) is 5.56 Å². The molecule has 112 valence electrons. The normalized spacial score (nSPS) is 11.1. The summed E-state index contributed by atoms with van der Waals surface area (Å²) in [5.41, 5.74) is 1.57. The SMILES string of the molecule is CCOc1cc(C)cc(OS(=O)(=O)Cc2ccccc2)c1. The maximum atomic E-state index is 12.1. The van der Waals surface area contributed by atoms with Gasteiger partial charge < -0.3 is 8.92 Å². The van der Waals surface area contributed by atoms with E-state index in [1.165, 1.54) is 0 Å². The molecule has 0 fully saturated rings. The van der Waals surface area contributed by atoms with Crippen molar-refractivity contribution in [3.8, 4) is 11.5 Å². The fourth-order valence-electron chi connectivity index (χ4n) is 1.97. The van der Waals surface area contributed by atoms with Crippen LogP contribution in [0.4, 0.5) is 0 Å². The molecule has 0 unspecified atom stereocenters. The number of ether oxygens (including phenoxy) is 1. The molecule has 0 N–H and O–H groups in total. The van der Waals surface area contributed by atoms with Gasteiger partial charge in [0.15, 0.2) is 0 Å². The second-order valence-corrected chi connectivity index (χ2v) is 6.26. The van der Waals surface area contributed by atoms with Gasteiger partial charge in [-0.3, -0.25) is 0 Å². The first-order chi connectivity index (χ1) is 9.98. The monoisotopic (exact) mass is 306 g/mol. The minimum Gasteiger partial charge on any atom is -0.494 e. The Morgan fingerprint density at radius 3 is 2.33 bits per heavy atom. The molecular formula is C16H18O4S. The lowest BCUT2D eigenvalue weighted by Crippen LogP contribution is -2.12. The van der Waals surface area contributed by atoms with Crippen LogP contribution in [-0.2, 0) is 15.9 Å². The van der Waals surface area contributed by atoms with Crippen molar-refractivity contribution in [2.75, 3.05) is 6.61 Å². The lowest BCUT2D eigenvalue weighted by molar-refractivity contribution is 0.338.